The first-order valence-corrected chi connectivity index (χ1v) is 9.60. The third-order valence-electron chi connectivity index (χ3n) is 3.97. The number of carbonyl (C=O) groups is 1. The predicted octanol–water partition coefficient (Wildman–Crippen LogP) is 4.43. The summed E-state index contributed by atoms with van der Waals surface area (Å²) < 4.78 is 16.2. The number of hydrogen-bond donors (Lipinski definition) is 1. The molecule has 0 spiro atoms. The minimum Gasteiger partial charge on any atom is -0.481 e. The summed E-state index contributed by atoms with van der Waals surface area (Å²) >= 11 is 0. The lowest BCUT2D eigenvalue weighted by molar-refractivity contribution is -0.139. The zero-order valence-corrected chi connectivity index (χ0v) is 15.8. The number of carboxylic acids is 1. The van der Waals surface area contributed by atoms with Crippen LogP contribution in [0.1, 0.15) is 77.6 Å². The third kappa shape index (κ3) is 17.7. The summed E-state index contributed by atoms with van der Waals surface area (Å²) in [6.07, 6.45) is 12.9. The van der Waals surface area contributed by atoms with Gasteiger partial charge < -0.3 is 19.3 Å². The molecule has 0 saturated heterocycles. The van der Waals surface area contributed by atoms with Crippen molar-refractivity contribution in [3.05, 3.63) is 0 Å². The minimum atomic E-state index is -0.850. The van der Waals surface area contributed by atoms with Gasteiger partial charge in [-0.2, -0.15) is 0 Å². The zero-order valence-electron chi connectivity index (χ0n) is 15.8. The molecule has 1 unspecified atom stereocenters. The van der Waals surface area contributed by atoms with E-state index in [1.54, 1.807) is 7.11 Å². The first-order valence-electron chi connectivity index (χ1n) is 9.60. The van der Waals surface area contributed by atoms with E-state index in [0.717, 1.165) is 13.0 Å². The second-order valence-corrected chi connectivity index (χ2v) is 6.35. The van der Waals surface area contributed by atoms with Crippen LogP contribution in [0.5, 0.6) is 0 Å². The number of carboxylic acid groups (broad SMARTS) is 1. The average molecular weight is 347 g/mol. The van der Waals surface area contributed by atoms with Crippen molar-refractivity contribution in [1.82, 2.24) is 0 Å². The highest BCUT2D eigenvalue weighted by Gasteiger charge is 2.10. The Balaban J connectivity index is 3.37. The molecule has 0 aliphatic rings. The van der Waals surface area contributed by atoms with E-state index in [1.807, 2.05) is 0 Å². The predicted molar refractivity (Wildman–Crippen MR) is 96.5 cm³/mol. The summed E-state index contributed by atoms with van der Waals surface area (Å²) in [6.45, 7) is 4.08. The van der Waals surface area contributed by atoms with Gasteiger partial charge in [-0.25, -0.2) is 0 Å². The van der Waals surface area contributed by atoms with Crippen LogP contribution in [-0.2, 0) is 19.0 Å². The van der Waals surface area contributed by atoms with Crippen molar-refractivity contribution >= 4 is 5.97 Å². The van der Waals surface area contributed by atoms with Crippen molar-refractivity contribution < 1.29 is 24.1 Å². The van der Waals surface area contributed by atoms with Crippen molar-refractivity contribution in [3.8, 4) is 0 Å². The van der Waals surface area contributed by atoms with Gasteiger partial charge >= 0.3 is 5.97 Å². The quantitative estimate of drug-likeness (QED) is 0.351. The van der Waals surface area contributed by atoms with E-state index in [2.05, 4.69) is 6.92 Å². The van der Waals surface area contributed by atoms with Crippen LogP contribution < -0.4 is 0 Å². The molecule has 1 N–H and O–H groups in total. The Morgan fingerprint density at radius 1 is 0.875 bits per heavy atom. The Morgan fingerprint density at radius 2 is 1.46 bits per heavy atom. The van der Waals surface area contributed by atoms with Crippen LogP contribution in [0, 0.1) is 0 Å². The molecule has 0 aliphatic heterocycles. The molecule has 0 bridgehead atoms. The Kier molecular flexibility index (Phi) is 18.2. The van der Waals surface area contributed by atoms with Gasteiger partial charge in [0.15, 0.2) is 0 Å². The molecule has 0 rings (SSSR count). The van der Waals surface area contributed by atoms with Gasteiger partial charge in [0.2, 0.25) is 0 Å². The van der Waals surface area contributed by atoms with E-state index in [-0.39, 0.29) is 19.1 Å². The van der Waals surface area contributed by atoms with Crippen molar-refractivity contribution in [2.75, 3.05) is 33.5 Å². The van der Waals surface area contributed by atoms with Gasteiger partial charge in [0.05, 0.1) is 26.2 Å². The molecule has 5 nitrogen and oxygen atoms in total. The molecule has 24 heavy (non-hydrogen) atoms. The van der Waals surface area contributed by atoms with Crippen LogP contribution in [0.2, 0.25) is 0 Å². The smallest absolute Gasteiger partial charge is 0.305 e. The molecule has 0 aromatic heterocycles. The van der Waals surface area contributed by atoms with E-state index in [9.17, 15) is 4.79 Å². The lowest BCUT2D eigenvalue weighted by Gasteiger charge is -2.16. The van der Waals surface area contributed by atoms with E-state index in [4.69, 9.17) is 19.3 Å². The second-order valence-electron chi connectivity index (χ2n) is 6.35. The van der Waals surface area contributed by atoms with Crippen LogP contribution in [0.3, 0.4) is 0 Å². The number of methoxy groups -OCH3 is 1. The Labute approximate surface area is 148 Å². The SMILES string of the molecule is CCCCCCCCCCCCOCC(COC)OCCC(=O)O. The fourth-order valence-corrected chi connectivity index (χ4v) is 2.55. The zero-order chi connectivity index (χ0) is 17.9. The van der Waals surface area contributed by atoms with E-state index in [1.165, 1.54) is 57.8 Å². The summed E-state index contributed by atoms with van der Waals surface area (Å²) in [5.41, 5.74) is 0. The van der Waals surface area contributed by atoms with Gasteiger partial charge in [-0.15, -0.1) is 0 Å². The molecule has 0 amide bonds. The van der Waals surface area contributed by atoms with E-state index >= 15 is 0 Å². The number of unbranched alkanes of at least 4 members (excludes halogenated alkanes) is 9. The number of hydrogen-bond acceptors (Lipinski definition) is 4. The van der Waals surface area contributed by atoms with Crippen LogP contribution >= 0.6 is 0 Å². The van der Waals surface area contributed by atoms with Gasteiger partial charge in [-0.05, 0) is 6.42 Å². The van der Waals surface area contributed by atoms with Crippen molar-refractivity contribution in [3.63, 3.8) is 0 Å². The molecule has 0 aliphatic carbocycles. The molecule has 0 aromatic rings. The first kappa shape index (κ1) is 23.4. The highest BCUT2D eigenvalue weighted by Crippen LogP contribution is 2.10. The third-order valence-corrected chi connectivity index (χ3v) is 3.97. The fraction of sp³-hybridized carbons (Fsp3) is 0.947. The molecular weight excluding hydrogens is 308 g/mol. The molecule has 0 saturated carbocycles. The summed E-state index contributed by atoms with van der Waals surface area (Å²) in [4.78, 5) is 10.5. The maximum atomic E-state index is 10.5. The van der Waals surface area contributed by atoms with Crippen LogP contribution in [0.4, 0.5) is 0 Å². The molecule has 144 valence electrons. The van der Waals surface area contributed by atoms with Crippen LogP contribution in [-0.4, -0.2) is 50.7 Å². The van der Waals surface area contributed by atoms with Crippen LogP contribution in [0.25, 0.3) is 0 Å². The topological polar surface area (TPSA) is 65.0 Å². The van der Waals surface area contributed by atoms with Gasteiger partial charge in [-0.3, -0.25) is 4.79 Å². The largest absolute Gasteiger partial charge is 0.481 e. The lowest BCUT2D eigenvalue weighted by Crippen LogP contribution is -2.26. The Bertz CT molecular complexity index is 270. The fourth-order valence-electron chi connectivity index (χ4n) is 2.55. The highest BCUT2D eigenvalue weighted by atomic mass is 16.6. The summed E-state index contributed by atoms with van der Waals surface area (Å²) in [6, 6.07) is 0. The molecule has 0 aromatic carbocycles. The maximum absolute atomic E-state index is 10.5. The molecule has 1 atom stereocenters. The van der Waals surface area contributed by atoms with Gasteiger partial charge in [0.1, 0.15) is 6.10 Å². The molecule has 5 heteroatoms. The average Bonchev–Trinajstić information content (AvgIpc) is 2.55. The lowest BCUT2D eigenvalue weighted by atomic mass is 10.1. The minimum absolute atomic E-state index is 0.0126. The second kappa shape index (κ2) is 18.7. The molecule has 0 heterocycles. The van der Waals surface area contributed by atoms with Crippen LogP contribution in [0.15, 0.2) is 0 Å². The Hall–Kier alpha value is -0.650. The van der Waals surface area contributed by atoms with Gasteiger partial charge in [0.25, 0.3) is 0 Å². The first-order chi connectivity index (χ1) is 11.7. The van der Waals surface area contributed by atoms with Gasteiger partial charge in [0, 0.05) is 13.7 Å². The summed E-state index contributed by atoms with van der Waals surface area (Å²) in [5.74, 6) is -0.850. The Morgan fingerprint density at radius 3 is 2.00 bits per heavy atom. The van der Waals surface area contributed by atoms with Crippen molar-refractivity contribution in [2.24, 2.45) is 0 Å². The molecule has 0 fully saturated rings. The highest BCUT2D eigenvalue weighted by molar-refractivity contribution is 5.66. The standard InChI is InChI=1S/C19H38O5/c1-3-4-5-6-7-8-9-10-11-12-14-23-17-18(16-22-2)24-15-13-19(20)21/h18H,3-17H2,1-2H3,(H,20,21). The molecule has 0 radical (unpaired) electrons. The van der Waals surface area contributed by atoms with Crippen molar-refractivity contribution in [1.29, 1.82) is 0 Å². The summed E-state index contributed by atoms with van der Waals surface area (Å²) in [5, 5.41) is 8.60. The van der Waals surface area contributed by atoms with E-state index in [0.29, 0.717) is 13.2 Å². The summed E-state index contributed by atoms with van der Waals surface area (Å²) in [7, 11) is 1.61. The van der Waals surface area contributed by atoms with E-state index < -0.39 is 5.97 Å². The number of aliphatic carboxylic acids is 1. The maximum Gasteiger partial charge on any atom is 0.305 e. The number of ether oxygens (including phenoxy) is 3. The molecular formula is C19H38O5. The van der Waals surface area contributed by atoms with Gasteiger partial charge in [-0.1, -0.05) is 64.7 Å². The number of rotatable bonds is 19. The monoisotopic (exact) mass is 346 g/mol. The van der Waals surface area contributed by atoms with Crippen molar-refractivity contribution in [2.45, 2.75) is 83.7 Å². The normalized spacial score (nSPS) is 12.4.